The number of halogens is 1. The van der Waals surface area contributed by atoms with Crippen LogP contribution in [0.1, 0.15) is 12.8 Å². The first-order chi connectivity index (χ1) is 12.8. The molecule has 1 aliphatic rings. The summed E-state index contributed by atoms with van der Waals surface area (Å²) in [6.45, 7) is 0. The van der Waals surface area contributed by atoms with E-state index in [-0.39, 0.29) is 23.0 Å². The summed E-state index contributed by atoms with van der Waals surface area (Å²) in [5.74, 6) is -0.246. The molecular formula is C18H17ClN2O4S2. The number of carbonyl (C=O) groups excluding carboxylic acids is 2. The van der Waals surface area contributed by atoms with Crippen LogP contribution < -0.4 is 10.6 Å². The molecule has 2 N–H and O–H groups in total. The first-order valence-corrected chi connectivity index (χ1v) is 11.2. The van der Waals surface area contributed by atoms with E-state index in [2.05, 4.69) is 10.6 Å². The number of fused-ring (bicyclic) bond motifs is 1. The Labute approximate surface area is 166 Å². The van der Waals surface area contributed by atoms with Crippen molar-refractivity contribution in [3.63, 3.8) is 0 Å². The average molecular weight is 425 g/mol. The molecule has 0 fully saturated rings. The first-order valence-electron chi connectivity index (χ1n) is 8.18. The Hall–Kier alpha value is -2.03. The molecule has 27 heavy (non-hydrogen) atoms. The number of hydrogen-bond acceptors (Lipinski definition) is 5. The maximum Gasteiger partial charge on any atom is 0.225 e. The highest BCUT2D eigenvalue weighted by atomic mass is 35.5. The molecule has 0 unspecified atom stereocenters. The molecule has 0 spiro atoms. The summed E-state index contributed by atoms with van der Waals surface area (Å²) in [5, 5.41) is 5.82. The minimum atomic E-state index is -3.67. The molecule has 0 radical (unpaired) electrons. The second-order valence-electron chi connectivity index (χ2n) is 5.93. The van der Waals surface area contributed by atoms with E-state index in [0.29, 0.717) is 28.6 Å². The van der Waals surface area contributed by atoms with Gasteiger partial charge in [0.1, 0.15) is 0 Å². The molecule has 0 atom stereocenters. The molecule has 0 aromatic heterocycles. The molecule has 1 heterocycles. The highest BCUT2D eigenvalue weighted by molar-refractivity contribution is 7.99. The lowest BCUT2D eigenvalue weighted by atomic mass is 10.3. The van der Waals surface area contributed by atoms with Crippen LogP contribution in [0.4, 0.5) is 11.4 Å². The Balaban J connectivity index is 1.68. The number of benzene rings is 2. The normalized spacial score (nSPS) is 14.0. The fourth-order valence-corrected chi connectivity index (χ4v) is 4.92. The largest absolute Gasteiger partial charge is 0.326 e. The molecule has 142 valence electrons. The highest BCUT2D eigenvalue weighted by Gasteiger charge is 2.20. The van der Waals surface area contributed by atoms with Gasteiger partial charge >= 0.3 is 0 Å². The third-order valence-electron chi connectivity index (χ3n) is 3.88. The molecule has 2 amide bonds. The minimum absolute atomic E-state index is 0.0830. The average Bonchev–Trinajstić information content (AvgIpc) is 2.80. The van der Waals surface area contributed by atoms with Gasteiger partial charge < -0.3 is 10.6 Å². The quantitative estimate of drug-likeness (QED) is 0.765. The summed E-state index contributed by atoms with van der Waals surface area (Å²) in [7, 11) is -3.67. The predicted octanol–water partition coefficient (Wildman–Crippen LogP) is 3.58. The van der Waals surface area contributed by atoms with Crippen molar-refractivity contribution >= 4 is 56.4 Å². The Morgan fingerprint density at radius 3 is 2.81 bits per heavy atom. The lowest BCUT2D eigenvalue weighted by Crippen LogP contribution is -2.17. The van der Waals surface area contributed by atoms with Gasteiger partial charge in [0, 0.05) is 34.2 Å². The van der Waals surface area contributed by atoms with Crippen LogP contribution in [0, 0.1) is 0 Å². The fraction of sp³-hybridized carbons (Fsp3) is 0.222. The zero-order valence-electron chi connectivity index (χ0n) is 14.2. The molecule has 9 heteroatoms. The zero-order chi connectivity index (χ0) is 19.4. The first kappa shape index (κ1) is 19.7. The lowest BCUT2D eigenvalue weighted by molar-refractivity contribution is -0.116. The molecular weight excluding hydrogens is 408 g/mol. The number of hydrogen-bond donors (Lipinski definition) is 2. The number of anilines is 2. The smallest absolute Gasteiger partial charge is 0.225 e. The van der Waals surface area contributed by atoms with Crippen molar-refractivity contribution in [3.05, 3.63) is 47.5 Å². The molecule has 0 aliphatic carbocycles. The van der Waals surface area contributed by atoms with Crippen LogP contribution in [-0.4, -0.2) is 31.7 Å². The van der Waals surface area contributed by atoms with Gasteiger partial charge in [0.05, 0.1) is 16.3 Å². The van der Waals surface area contributed by atoms with Crippen LogP contribution in [0.25, 0.3) is 0 Å². The van der Waals surface area contributed by atoms with Crippen molar-refractivity contribution in [1.29, 1.82) is 0 Å². The van der Waals surface area contributed by atoms with E-state index >= 15 is 0 Å². The third kappa shape index (κ3) is 5.24. The predicted molar refractivity (Wildman–Crippen MR) is 107 cm³/mol. The molecule has 0 saturated heterocycles. The van der Waals surface area contributed by atoms with E-state index in [0.717, 1.165) is 4.90 Å². The number of rotatable bonds is 5. The summed E-state index contributed by atoms with van der Waals surface area (Å²) in [4.78, 5) is 24.6. The number of carbonyl (C=O) groups is 2. The molecule has 0 saturated carbocycles. The molecule has 0 bridgehead atoms. The van der Waals surface area contributed by atoms with Crippen molar-refractivity contribution in [2.75, 3.05) is 22.1 Å². The van der Waals surface area contributed by atoms with Gasteiger partial charge in [-0.2, -0.15) is 0 Å². The summed E-state index contributed by atoms with van der Waals surface area (Å²) >= 11 is 7.36. The zero-order valence-corrected chi connectivity index (χ0v) is 16.6. The summed E-state index contributed by atoms with van der Waals surface area (Å²) in [5.41, 5.74) is 1.00. The van der Waals surface area contributed by atoms with Crippen LogP contribution in [0.5, 0.6) is 0 Å². The Bertz CT molecular complexity index is 993. The monoisotopic (exact) mass is 424 g/mol. The van der Waals surface area contributed by atoms with Gasteiger partial charge in [-0.3, -0.25) is 9.59 Å². The maximum absolute atomic E-state index is 12.6. The molecule has 1 aliphatic heterocycles. The fourth-order valence-electron chi connectivity index (χ4n) is 2.53. The van der Waals surface area contributed by atoms with Gasteiger partial charge in [-0.05, 0) is 36.4 Å². The Morgan fingerprint density at radius 1 is 1.22 bits per heavy atom. The van der Waals surface area contributed by atoms with E-state index in [1.165, 1.54) is 23.9 Å². The second-order valence-corrected chi connectivity index (χ2v) is 9.61. The number of sulfone groups is 1. The van der Waals surface area contributed by atoms with E-state index in [1.807, 2.05) is 0 Å². The molecule has 3 rings (SSSR count). The van der Waals surface area contributed by atoms with E-state index in [1.54, 1.807) is 30.3 Å². The second kappa shape index (κ2) is 8.33. The van der Waals surface area contributed by atoms with Crippen LogP contribution in [0.15, 0.2) is 52.3 Å². The standard InChI is InChI=1S/C18H17ClN2O4S2/c19-12-2-1-3-13(10-12)20-18(23)7-9-27(24,25)14-4-5-16-15(11-14)21-17(22)6-8-26-16/h1-5,10-11H,6-9H2,(H,20,23)(H,21,22). The minimum Gasteiger partial charge on any atom is -0.326 e. The van der Waals surface area contributed by atoms with Crippen molar-refractivity contribution in [1.82, 2.24) is 0 Å². The number of nitrogens with one attached hydrogen (secondary N) is 2. The highest BCUT2D eigenvalue weighted by Crippen LogP contribution is 2.33. The third-order valence-corrected chi connectivity index (χ3v) is 6.90. The van der Waals surface area contributed by atoms with Crippen LogP contribution in [-0.2, 0) is 19.4 Å². The van der Waals surface area contributed by atoms with Gasteiger partial charge in [0.2, 0.25) is 11.8 Å². The van der Waals surface area contributed by atoms with Crippen LogP contribution in [0.3, 0.4) is 0 Å². The SMILES string of the molecule is O=C(CCS(=O)(=O)c1ccc2c(c1)NC(=O)CCS2)Nc1cccc(Cl)c1. The van der Waals surface area contributed by atoms with Gasteiger partial charge in [-0.25, -0.2) is 8.42 Å². The van der Waals surface area contributed by atoms with Crippen molar-refractivity contribution in [2.24, 2.45) is 0 Å². The van der Waals surface area contributed by atoms with E-state index in [4.69, 9.17) is 11.6 Å². The topological polar surface area (TPSA) is 92.3 Å². The summed E-state index contributed by atoms with van der Waals surface area (Å²) in [6.07, 6.45) is 0.193. The number of amides is 2. The van der Waals surface area contributed by atoms with E-state index < -0.39 is 15.7 Å². The van der Waals surface area contributed by atoms with Crippen molar-refractivity contribution in [3.8, 4) is 0 Å². The van der Waals surface area contributed by atoms with Crippen molar-refractivity contribution < 1.29 is 18.0 Å². The lowest BCUT2D eigenvalue weighted by Gasteiger charge is -2.10. The van der Waals surface area contributed by atoms with Crippen molar-refractivity contribution in [2.45, 2.75) is 22.6 Å². The Morgan fingerprint density at radius 2 is 2.04 bits per heavy atom. The van der Waals surface area contributed by atoms with Gasteiger partial charge in [0.15, 0.2) is 9.84 Å². The molecule has 6 nitrogen and oxygen atoms in total. The van der Waals surface area contributed by atoms with E-state index in [9.17, 15) is 18.0 Å². The van der Waals surface area contributed by atoms with Gasteiger partial charge in [-0.15, -0.1) is 11.8 Å². The van der Waals surface area contributed by atoms with Crippen LogP contribution >= 0.6 is 23.4 Å². The van der Waals surface area contributed by atoms with Gasteiger partial charge in [-0.1, -0.05) is 17.7 Å². The van der Waals surface area contributed by atoms with Crippen LogP contribution in [0.2, 0.25) is 5.02 Å². The maximum atomic E-state index is 12.6. The number of thioether (sulfide) groups is 1. The Kier molecular flexibility index (Phi) is 6.08. The summed E-state index contributed by atoms with van der Waals surface area (Å²) < 4.78 is 25.2. The molecule has 2 aromatic rings. The summed E-state index contributed by atoms with van der Waals surface area (Å²) in [6, 6.07) is 11.3. The van der Waals surface area contributed by atoms with Gasteiger partial charge in [0.25, 0.3) is 0 Å². The molecule has 2 aromatic carbocycles.